The van der Waals surface area contributed by atoms with E-state index >= 15 is 0 Å². The second kappa shape index (κ2) is 9.20. The lowest BCUT2D eigenvalue weighted by Gasteiger charge is -2.09. The molecule has 2 aromatic carbocycles. The Bertz CT molecular complexity index is 1530. The first-order valence-corrected chi connectivity index (χ1v) is 11.9. The number of rotatable bonds is 6. The van der Waals surface area contributed by atoms with Gasteiger partial charge in [-0.1, -0.05) is 36.0 Å². The number of ether oxygens (including phenoxy) is 1. The lowest BCUT2D eigenvalue weighted by Crippen LogP contribution is -2.17. The molecule has 0 spiro atoms. The smallest absolute Gasteiger partial charge is 0.339 e. The number of carbonyl (C=O) groups is 2. The molecule has 0 bridgehead atoms. The Morgan fingerprint density at radius 3 is 2.74 bits per heavy atom. The van der Waals surface area contributed by atoms with Gasteiger partial charge in [0.15, 0.2) is 10.8 Å². The second-order valence-corrected chi connectivity index (χ2v) is 8.93. The summed E-state index contributed by atoms with van der Waals surface area (Å²) in [6.07, 6.45) is 1.62. The zero-order valence-corrected chi connectivity index (χ0v) is 19.3. The number of aromatic nitrogens is 4. The van der Waals surface area contributed by atoms with Crippen LogP contribution in [0.4, 0.5) is 10.1 Å². The number of halogens is 1. The number of hydrogen-bond donors (Lipinski definition) is 1. The summed E-state index contributed by atoms with van der Waals surface area (Å²) in [5.74, 6) is -1.10. The lowest BCUT2D eigenvalue weighted by atomic mass is 10.1. The fourth-order valence-electron chi connectivity index (χ4n) is 3.46. The number of esters is 1. The van der Waals surface area contributed by atoms with Gasteiger partial charge in [0.05, 0.1) is 29.5 Å². The van der Waals surface area contributed by atoms with Crippen LogP contribution in [-0.2, 0) is 9.53 Å². The van der Waals surface area contributed by atoms with E-state index in [9.17, 15) is 14.0 Å². The number of methoxy groups -OCH3 is 1. The number of anilines is 1. The molecule has 0 unspecified atom stereocenters. The van der Waals surface area contributed by atoms with Crippen LogP contribution in [0.5, 0.6) is 0 Å². The number of fused-ring (bicyclic) bond motifs is 3. The van der Waals surface area contributed by atoms with Gasteiger partial charge in [0.1, 0.15) is 17.0 Å². The molecule has 34 heavy (non-hydrogen) atoms. The van der Waals surface area contributed by atoms with Crippen molar-refractivity contribution >= 4 is 56.5 Å². The molecule has 3 aromatic heterocycles. The maximum absolute atomic E-state index is 13.4. The van der Waals surface area contributed by atoms with Gasteiger partial charge in [0.2, 0.25) is 5.91 Å². The minimum Gasteiger partial charge on any atom is -0.465 e. The first-order chi connectivity index (χ1) is 16.5. The van der Waals surface area contributed by atoms with Crippen molar-refractivity contribution in [2.45, 2.75) is 5.16 Å². The van der Waals surface area contributed by atoms with Crippen molar-refractivity contribution in [1.29, 1.82) is 0 Å². The van der Waals surface area contributed by atoms with Crippen molar-refractivity contribution in [2.75, 3.05) is 18.2 Å². The molecular weight excluding hydrogens is 477 g/mol. The van der Waals surface area contributed by atoms with Crippen molar-refractivity contribution < 1.29 is 18.7 Å². The van der Waals surface area contributed by atoms with Crippen LogP contribution in [0.1, 0.15) is 10.4 Å². The van der Waals surface area contributed by atoms with Crippen LogP contribution >= 0.6 is 23.1 Å². The van der Waals surface area contributed by atoms with Crippen LogP contribution in [0, 0.1) is 5.82 Å². The lowest BCUT2D eigenvalue weighted by molar-refractivity contribution is -0.113. The predicted octanol–water partition coefficient (Wildman–Crippen LogP) is 4.66. The topological polar surface area (TPSA) is 98.5 Å². The van der Waals surface area contributed by atoms with Gasteiger partial charge in [0.25, 0.3) is 0 Å². The number of amides is 1. The molecule has 0 atom stereocenters. The van der Waals surface area contributed by atoms with E-state index in [2.05, 4.69) is 20.5 Å². The molecule has 0 aliphatic heterocycles. The molecule has 1 amide bonds. The van der Waals surface area contributed by atoms with E-state index in [0.29, 0.717) is 16.5 Å². The van der Waals surface area contributed by atoms with Crippen LogP contribution < -0.4 is 5.32 Å². The van der Waals surface area contributed by atoms with Gasteiger partial charge >= 0.3 is 5.97 Å². The second-order valence-electron chi connectivity index (χ2n) is 7.13. The Kier molecular flexibility index (Phi) is 5.95. The number of para-hydroxylation sites is 1. The molecule has 0 aliphatic rings. The fraction of sp³-hybridized carbons (Fsp3) is 0.0870. The van der Waals surface area contributed by atoms with E-state index in [1.165, 1.54) is 42.3 Å². The normalized spacial score (nSPS) is 11.1. The number of nitrogens with one attached hydrogen (secondary N) is 1. The maximum Gasteiger partial charge on any atom is 0.339 e. The number of hydrogen-bond acceptors (Lipinski definition) is 8. The summed E-state index contributed by atoms with van der Waals surface area (Å²) in [4.78, 5) is 29.8. The molecular formula is C23H16FN5O3S2. The van der Waals surface area contributed by atoms with Crippen LogP contribution in [0.25, 0.3) is 27.0 Å². The molecule has 0 aliphatic carbocycles. The third-order valence-electron chi connectivity index (χ3n) is 5.04. The average molecular weight is 494 g/mol. The van der Waals surface area contributed by atoms with Crippen molar-refractivity contribution in [2.24, 2.45) is 0 Å². The third-order valence-corrected chi connectivity index (χ3v) is 6.87. The van der Waals surface area contributed by atoms with Crippen molar-refractivity contribution in [3.8, 4) is 11.1 Å². The molecule has 0 fully saturated rings. The van der Waals surface area contributed by atoms with Crippen molar-refractivity contribution in [1.82, 2.24) is 19.6 Å². The summed E-state index contributed by atoms with van der Waals surface area (Å²) >= 11 is 2.66. The molecule has 1 N–H and O–H groups in total. The van der Waals surface area contributed by atoms with Crippen LogP contribution in [0.15, 0.2) is 65.4 Å². The first-order valence-electron chi connectivity index (χ1n) is 10.0. The quantitative estimate of drug-likeness (QED) is 0.271. The number of benzene rings is 2. The minimum absolute atomic E-state index is 0.0444. The highest BCUT2D eigenvalue weighted by Gasteiger charge is 2.18. The summed E-state index contributed by atoms with van der Waals surface area (Å²) in [6.45, 7) is 0. The van der Waals surface area contributed by atoms with Crippen molar-refractivity contribution in [3.63, 3.8) is 0 Å². The van der Waals surface area contributed by atoms with Gasteiger partial charge in [-0.3, -0.25) is 9.20 Å². The zero-order chi connectivity index (χ0) is 23.7. The van der Waals surface area contributed by atoms with E-state index in [-0.39, 0.29) is 23.0 Å². The summed E-state index contributed by atoms with van der Waals surface area (Å²) in [7, 11) is 1.28. The van der Waals surface area contributed by atoms with E-state index in [4.69, 9.17) is 4.74 Å². The summed E-state index contributed by atoms with van der Waals surface area (Å²) in [6, 6.07) is 12.9. The Balaban J connectivity index is 1.39. The van der Waals surface area contributed by atoms with Gasteiger partial charge in [-0.2, -0.15) is 0 Å². The van der Waals surface area contributed by atoms with E-state index in [0.717, 1.165) is 21.3 Å². The highest BCUT2D eigenvalue weighted by atomic mass is 32.2. The molecule has 0 saturated heterocycles. The molecule has 8 nitrogen and oxygen atoms in total. The van der Waals surface area contributed by atoms with E-state index in [1.54, 1.807) is 47.1 Å². The summed E-state index contributed by atoms with van der Waals surface area (Å²) in [5.41, 5.74) is 2.98. The Hall–Kier alpha value is -3.83. The molecule has 0 saturated carbocycles. The molecule has 170 valence electrons. The zero-order valence-electron chi connectivity index (χ0n) is 17.7. The largest absolute Gasteiger partial charge is 0.465 e. The van der Waals surface area contributed by atoms with Crippen LogP contribution in [-0.4, -0.2) is 44.3 Å². The summed E-state index contributed by atoms with van der Waals surface area (Å²) < 4.78 is 19.9. The van der Waals surface area contributed by atoms with E-state index < -0.39 is 5.97 Å². The number of thioether (sulfide) groups is 1. The summed E-state index contributed by atoms with van der Waals surface area (Å²) in [5, 5.41) is 14.6. The van der Waals surface area contributed by atoms with E-state index in [1.807, 2.05) is 5.38 Å². The van der Waals surface area contributed by atoms with Crippen LogP contribution in [0.3, 0.4) is 0 Å². The molecule has 0 radical (unpaired) electrons. The molecule has 3 heterocycles. The van der Waals surface area contributed by atoms with Gasteiger partial charge in [0, 0.05) is 10.9 Å². The fourth-order valence-corrected chi connectivity index (χ4v) is 5.07. The van der Waals surface area contributed by atoms with Gasteiger partial charge in [-0.25, -0.2) is 14.2 Å². The predicted molar refractivity (Wildman–Crippen MR) is 129 cm³/mol. The first kappa shape index (κ1) is 22.0. The number of nitrogens with zero attached hydrogens (tertiary/aromatic N) is 4. The molecule has 5 aromatic rings. The Labute approximate surface area is 200 Å². The van der Waals surface area contributed by atoms with Gasteiger partial charge in [-0.15, -0.1) is 21.5 Å². The SMILES string of the molecule is COC(=O)c1ccccc1NC(=O)CSc1nnc2c3c(-c4ccc(F)cc4)csc3ncn12. The van der Waals surface area contributed by atoms with Crippen LogP contribution in [0.2, 0.25) is 0 Å². The minimum atomic E-state index is -0.533. The highest BCUT2D eigenvalue weighted by Crippen LogP contribution is 2.35. The standard InChI is InChI=1S/C23H16FN5O3S2/c1-32-22(31)15-4-2-3-5-17(15)26-18(30)11-34-23-28-27-20-19-16(13-6-8-14(24)9-7-13)10-33-21(19)25-12-29(20)23/h2-10,12H,11H2,1H3,(H,26,30). The molecule has 5 rings (SSSR count). The highest BCUT2D eigenvalue weighted by molar-refractivity contribution is 7.99. The number of carbonyl (C=O) groups excluding carboxylic acids is 2. The number of thiophene rings is 1. The average Bonchev–Trinajstić information content (AvgIpc) is 3.47. The Morgan fingerprint density at radius 2 is 1.94 bits per heavy atom. The third kappa shape index (κ3) is 4.11. The maximum atomic E-state index is 13.4. The van der Waals surface area contributed by atoms with Gasteiger partial charge < -0.3 is 10.1 Å². The van der Waals surface area contributed by atoms with Gasteiger partial charge in [-0.05, 0) is 29.8 Å². The monoisotopic (exact) mass is 493 g/mol. The Morgan fingerprint density at radius 1 is 1.15 bits per heavy atom. The molecule has 11 heteroatoms. The van der Waals surface area contributed by atoms with Crippen molar-refractivity contribution in [3.05, 3.63) is 71.6 Å².